The van der Waals surface area contributed by atoms with Crippen molar-refractivity contribution < 1.29 is 4.79 Å². The van der Waals surface area contributed by atoms with Crippen molar-refractivity contribution in [1.82, 2.24) is 0 Å². The Morgan fingerprint density at radius 2 is 1.78 bits per heavy atom. The highest BCUT2D eigenvalue weighted by Crippen LogP contribution is 2.22. The number of Topliss-reactive ketones (excluding diaryl/α,β-unsaturated/α-hetero) is 1. The number of carbonyl (C=O) groups excluding carboxylic acids is 1. The Labute approximate surface area is 120 Å². The van der Waals surface area contributed by atoms with Crippen LogP contribution >= 0.6 is 27.5 Å². The van der Waals surface area contributed by atoms with Crippen molar-refractivity contribution in [2.75, 3.05) is 0 Å². The van der Waals surface area contributed by atoms with E-state index < -0.39 is 0 Å². The van der Waals surface area contributed by atoms with E-state index in [0.29, 0.717) is 17.9 Å². The average molecular weight is 324 g/mol. The van der Waals surface area contributed by atoms with Crippen LogP contribution in [0.2, 0.25) is 5.02 Å². The summed E-state index contributed by atoms with van der Waals surface area (Å²) in [4.78, 5) is 11.9. The van der Waals surface area contributed by atoms with Crippen molar-refractivity contribution in [2.45, 2.75) is 12.8 Å². The van der Waals surface area contributed by atoms with E-state index in [4.69, 9.17) is 11.6 Å². The molecule has 0 atom stereocenters. The predicted molar refractivity (Wildman–Crippen MR) is 78.0 cm³/mol. The summed E-state index contributed by atoms with van der Waals surface area (Å²) >= 11 is 9.44. The topological polar surface area (TPSA) is 17.1 Å². The second kappa shape index (κ2) is 6.17. The van der Waals surface area contributed by atoms with Crippen molar-refractivity contribution in [1.29, 1.82) is 0 Å². The van der Waals surface area contributed by atoms with Gasteiger partial charge in [-0.3, -0.25) is 4.79 Å². The van der Waals surface area contributed by atoms with Gasteiger partial charge in [-0.1, -0.05) is 63.9 Å². The number of halogens is 2. The molecular formula is C15H12BrClO. The van der Waals surface area contributed by atoms with Crippen LogP contribution in [0.15, 0.2) is 53.0 Å². The minimum Gasteiger partial charge on any atom is -0.299 e. The molecule has 0 N–H and O–H groups in total. The highest BCUT2D eigenvalue weighted by Gasteiger charge is 2.08. The molecule has 92 valence electrons. The maximum Gasteiger partial charge on any atom is 0.141 e. The van der Waals surface area contributed by atoms with Crippen LogP contribution in [0.5, 0.6) is 0 Å². The molecule has 0 aliphatic carbocycles. The van der Waals surface area contributed by atoms with Crippen LogP contribution in [-0.4, -0.2) is 5.78 Å². The molecule has 3 heteroatoms. The van der Waals surface area contributed by atoms with E-state index in [2.05, 4.69) is 15.9 Å². The van der Waals surface area contributed by atoms with Crippen molar-refractivity contribution in [3.05, 3.63) is 69.2 Å². The summed E-state index contributed by atoms with van der Waals surface area (Å²) in [6, 6.07) is 15.3. The highest BCUT2D eigenvalue weighted by molar-refractivity contribution is 9.10. The molecular weight excluding hydrogens is 312 g/mol. The second-order valence-electron chi connectivity index (χ2n) is 4.11. The number of rotatable bonds is 4. The van der Waals surface area contributed by atoms with Crippen molar-refractivity contribution >= 4 is 33.3 Å². The predicted octanol–water partition coefficient (Wildman–Crippen LogP) is 4.46. The van der Waals surface area contributed by atoms with Gasteiger partial charge in [0.05, 0.1) is 0 Å². The molecule has 2 aromatic carbocycles. The Morgan fingerprint density at radius 1 is 1.06 bits per heavy atom. The molecule has 0 saturated carbocycles. The molecule has 1 nitrogen and oxygen atoms in total. The first-order chi connectivity index (χ1) is 8.65. The van der Waals surface area contributed by atoms with Gasteiger partial charge in [-0.15, -0.1) is 0 Å². The second-order valence-corrected chi connectivity index (χ2v) is 5.44. The van der Waals surface area contributed by atoms with Crippen molar-refractivity contribution in [3.63, 3.8) is 0 Å². The van der Waals surface area contributed by atoms with Crippen molar-refractivity contribution in [3.8, 4) is 0 Å². The Morgan fingerprint density at radius 3 is 2.44 bits per heavy atom. The maximum absolute atomic E-state index is 11.9. The van der Waals surface area contributed by atoms with Crippen LogP contribution in [-0.2, 0) is 17.6 Å². The van der Waals surface area contributed by atoms with Crippen LogP contribution in [0.3, 0.4) is 0 Å². The molecule has 2 aromatic rings. The van der Waals surface area contributed by atoms with Crippen LogP contribution in [0, 0.1) is 0 Å². The highest BCUT2D eigenvalue weighted by atomic mass is 79.9. The lowest BCUT2D eigenvalue weighted by molar-refractivity contribution is -0.117. The third-order valence-electron chi connectivity index (χ3n) is 2.65. The first-order valence-electron chi connectivity index (χ1n) is 5.65. The molecule has 0 saturated heterocycles. The number of hydrogen-bond acceptors (Lipinski definition) is 1. The SMILES string of the molecule is O=C(Cc1ccccc1)Cc1ccc(Br)cc1Cl. The van der Waals surface area contributed by atoms with Crippen LogP contribution < -0.4 is 0 Å². The van der Waals surface area contributed by atoms with Crippen molar-refractivity contribution in [2.24, 2.45) is 0 Å². The third-order valence-corrected chi connectivity index (χ3v) is 3.49. The van der Waals surface area contributed by atoms with Gasteiger partial charge in [-0.2, -0.15) is 0 Å². The number of benzene rings is 2. The van der Waals surface area contributed by atoms with Crippen LogP contribution in [0.1, 0.15) is 11.1 Å². The van der Waals surface area contributed by atoms with E-state index in [-0.39, 0.29) is 5.78 Å². The molecule has 0 fully saturated rings. The lowest BCUT2D eigenvalue weighted by Gasteiger charge is -2.04. The Hall–Kier alpha value is -1.12. The average Bonchev–Trinajstić information content (AvgIpc) is 2.34. The zero-order chi connectivity index (χ0) is 13.0. The standard InChI is InChI=1S/C15H12BrClO/c16-13-7-6-12(15(17)10-13)9-14(18)8-11-4-2-1-3-5-11/h1-7,10H,8-9H2. The molecule has 0 aliphatic heterocycles. The molecule has 0 heterocycles. The normalized spacial score (nSPS) is 10.3. The van der Waals surface area contributed by atoms with E-state index in [1.165, 1.54) is 0 Å². The quantitative estimate of drug-likeness (QED) is 0.812. The van der Waals surface area contributed by atoms with Gasteiger partial charge >= 0.3 is 0 Å². The summed E-state index contributed by atoms with van der Waals surface area (Å²) in [5.41, 5.74) is 1.91. The van der Waals surface area contributed by atoms with Gasteiger partial charge in [-0.05, 0) is 23.3 Å². The first-order valence-corrected chi connectivity index (χ1v) is 6.82. The molecule has 0 amide bonds. The minimum absolute atomic E-state index is 0.172. The summed E-state index contributed by atoms with van der Waals surface area (Å²) in [6.07, 6.45) is 0.828. The Kier molecular flexibility index (Phi) is 4.56. The van der Waals surface area contributed by atoms with Gasteiger partial charge in [0.25, 0.3) is 0 Å². The fraction of sp³-hybridized carbons (Fsp3) is 0.133. The van der Waals surface area contributed by atoms with E-state index in [0.717, 1.165) is 15.6 Å². The molecule has 0 radical (unpaired) electrons. The third kappa shape index (κ3) is 3.69. The molecule has 0 aliphatic rings. The molecule has 0 spiro atoms. The van der Waals surface area contributed by atoms with E-state index in [1.54, 1.807) is 0 Å². The largest absolute Gasteiger partial charge is 0.299 e. The van der Waals surface area contributed by atoms with Crippen LogP contribution in [0.25, 0.3) is 0 Å². The van der Waals surface area contributed by atoms with Gasteiger partial charge in [0.15, 0.2) is 0 Å². The number of carbonyl (C=O) groups is 1. The summed E-state index contributed by atoms with van der Waals surface area (Å²) in [5, 5.41) is 0.630. The molecule has 0 aromatic heterocycles. The van der Waals surface area contributed by atoms with E-state index in [1.807, 2.05) is 48.5 Å². The molecule has 18 heavy (non-hydrogen) atoms. The molecule has 2 rings (SSSR count). The van der Waals surface area contributed by atoms with Gasteiger partial charge in [0.1, 0.15) is 5.78 Å². The van der Waals surface area contributed by atoms with Gasteiger partial charge < -0.3 is 0 Å². The zero-order valence-corrected chi connectivity index (χ0v) is 12.0. The monoisotopic (exact) mass is 322 g/mol. The maximum atomic E-state index is 11.9. The fourth-order valence-electron chi connectivity index (χ4n) is 1.76. The fourth-order valence-corrected chi connectivity index (χ4v) is 2.50. The summed E-state index contributed by atoms with van der Waals surface area (Å²) in [6.45, 7) is 0. The summed E-state index contributed by atoms with van der Waals surface area (Å²) < 4.78 is 0.923. The van der Waals surface area contributed by atoms with E-state index >= 15 is 0 Å². The molecule has 0 bridgehead atoms. The number of ketones is 1. The van der Waals surface area contributed by atoms with E-state index in [9.17, 15) is 4.79 Å². The molecule has 0 unspecified atom stereocenters. The minimum atomic E-state index is 0.172. The zero-order valence-electron chi connectivity index (χ0n) is 9.70. The Balaban J connectivity index is 2.03. The summed E-state index contributed by atoms with van der Waals surface area (Å²) in [7, 11) is 0. The van der Waals surface area contributed by atoms with Gasteiger partial charge in [-0.25, -0.2) is 0 Å². The van der Waals surface area contributed by atoms with Gasteiger partial charge in [0, 0.05) is 22.3 Å². The lowest BCUT2D eigenvalue weighted by atomic mass is 10.0. The smallest absolute Gasteiger partial charge is 0.141 e. The van der Waals surface area contributed by atoms with Gasteiger partial charge in [0.2, 0.25) is 0 Å². The summed E-state index contributed by atoms with van der Waals surface area (Å²) in [5.74, 6) is 0.172. The number of hydrogen-bond donors (Lipinski definition) is 0. The lowest BCUT2D eigenvalue weighted by Crippen LogP contribution is -2.06. The van der Waals surface area contributed by atoms with Crippen LogP contribution in [0.4, 0.5) is 0 Å². The Bertz CT molecular complexity index is 552. The first kappa shape index (κ1) is 13.3.